The number of amides is 1. The molecular formula is C10H8N2O3. The van der Waals surface area contributed by atoms with Crippen molar-refractivity contribution in [3.05, 3.63) is 36.4 Å². The molecule has 0 atom stereocenters. The average Bonchev–Trinajstić information content (AvgIpc) is 2.67. The van der Waals surface area contributed by atoms with Crippen LogP contribution in [0.2, 0.25) is 0 Å². The number of aromatic nitrogens is 1. The summed E-state index contributed by atoms with van der Waals surface area (Å²) >= 11 is 0. The van der Waals surface area contributed by atoms with Gasteiger partial charge in [0.25, 0.3) is 0 Å². The number of rotatable bonds is 2. The summed E-state index contributed by atoms with van der Waals surface area (Å²) in [6.45, 7) is 0. The number of anilines is 1. The lowest BCUT2D eigenvalue weighted by Crippen LogP contribution is -2.06. The van der Waals surface area contributed by atoms with Gasteiger partial charge >= 0.3 is 6.09 Å². The Balaban J connectivity index is 2.24. The Kier molecular flexibility index (Phi) is 2.37. The minimum Gasteiger partial charge on any atom is -0.465 e. The minimum atomic E-state index is -1.16. The third-order valence-corrected chi connectivity index (χ3v) is 1.80. The van der Waals surface area contributed by atoms with Crippen LogP contribution in [0, 0.1) is 0 Å². The molecule has 0 fully saturated rings. The Morgan fingerprint density at radius 1 is 1.33 bits per heavy atom. The summed E-state index contributed by atoms with van der Waals surface area (Å²) in [4.78, 5) is 10.3. The first-order valence-electron chi connectivity index (χ1n) is 4.28. The largest absolute Gasteiger partial charge is 0.465 e. The van der Waals surface area contributed by atoms with Crippen molar-refractivity contribution in [3.63, 3.8) is 0 Å². The summed E-state index contributed by atoms with van der Waals surface area (Å²) in [7, 11) is 0. The molecule has 0 saturated carbocycles. The minimum absolute atomic E-state index is 0.182. The van der Waals surface area contributed by atoms with Gasteiger partial charge in [-0.1, -0.05) is 35.5 Å². The molecule has 2 rings (SSSR count). The zero-order chi connectivity index (χ0) is 10.7. The first-order valence-corrected chi connectivity index (χ1v) is 4.28. The van der Waals surface area contributed by atoms with Crippen LogP contribution in [0.3, 0.4) is 0 Å². The average molecular weight is 204 g/mol. The third kappa shape index (κ3) is 2.14. The zero-order valence-corrected chi connectivity index (χ0v) is 7.68. The molecule has 2 aromatic rings. The molecule has 1 amide bonds. The van der Waals surface area contributed by atoms with E-state index < -0.39 is 6.09 Å². The number of hydrogen-bond acceptors (Lipinski definition) is 3. The van der Waals surface area contributed by atoms with E-state index in [0.717, 1.165) is 5.56 Å². The molecule has 5 nitrogen and oxygen atoms in total. The second kappa shape index (κ2) is 3.83. The van der Waals surface area contributed by atoms with Crippen molar-refractivity contribution in [1.82, 2.24) is 5.16 Å². The van der Waals surface area contributed by atoms with Crippen LogP contribution in [-0.4, -0.2) is 16.4 Å². The van der Waals surface area contributed by atoms with Crippen molar-refractivity contribution >= 4 is 11.9 Å². The number of benzene rings is 1. The molecule has 0 saturated heterocycles. The number of hydrogen-bond donors (Lipinski definition) is 2. The predicted octanol–water partition coefficient (Wildman–Crippen LogP) is 2.43. The SMILES string of the molecule is O=C(O)Nc1cc(-c2ccccc2)on1. The van der Waals surface area contributed by atoms with E-state index in [1.54, 1.807) is 0 Å². The Morgan fingerprint density at radius 2 is 2.07 bits per heavy atom. The molecule has 5 heteroatoms. The fourth-order valence-corrected chi connectivity index (χ4v) is 1.18. The fraction of sp³-hybridized carbons (Fsp3) is 0. The number of carbonyl (C=O) groups is 1. The van der Waals surface area contributed by atoms with Crippen LogP contribution < -0.4 is 5.32 Å². The van der Waals surface area contributed by atoms with Crippen molar-refractivity contribution in [2.24, 2.45) is 0 Å². The van der Waals surface area contributed by atoms with Gasteiger partial charge in [0.1, 0.15) is 0 Å². The van der Waals surface area contributed by atoms with Crippen LogP contribution in [0.25, 0.3) is 11.3 Å². The van der Waals surface area contributed by atoms with E-state index in [2.05, 4.69) is 10.5 Å². The Labute approximate surface area is 85.3 Å². The first kappa shape index (κ1) is 9.26. The summed E-state index contributed by atoms with van der Waals surface area (Å²) in [6, 6.07) is 10.8. The summed E-state index contributed by atoms with van der Waals surface area (Å²) < 4.78 is 4.98. The van der Waals surface area contributed by atoms with Crippen molar-refractivity contribution in [2.75, 3.05) is 5.32 Å². The lowest BCUT2D eigenvalue weighted by Gasteiger charge is -1.91. The molecule has 1 aromatic carbocycles. The lowest BCUT2D eigenvalue weighted by molar-refractivity contribution is 0.209. The molecular weight excluding hydrogens is 196 g/mol. The molecule has 0 radical (unpaired) electrons. The maximum absolute atomic E-state index is 10.3. The quantitative estimate of drug-likeness (QED) is 0.787. The van der Waals surface area contributed by atoms with E-state index in [1.807, 2.05) is 30.3 Å². The maximum Gasteiger partial charge on any atom is 0.410 e. The van der Waals surface area contributed by atoms with E-state index >= 15 is 0 Å². The van der Waals surface area contributed by atoms with E-state index in [0.29, 0.717) is 5.76 Å². The lowest BCUT2D eigenvalue weighted by atomic mass is 10.2. The van der Waals surface area contributed by atoms with Gasteiger partial charge in [-0.05, 0) is 0 Å². The van der Waals surface area contributed by atoms with Gasteiger partial charge in [-0.3, -0.25) is 5.32 Å². The number of carboxylic acid groups (broad SMARTS) is 1. The molecule has 1 heterocycles. The van der Waals surface area contributed by atoms with Gasteiger partial charge in [0.05, 0.1) is 0 Å². The van der Waals surface area contributed by atoms with E-state index in [9.17, 15) is 4.79 Å². The zero-order valence-electron chi connectivity index (χ0n) is 7.68. The predicted molar refractivity (Wildman–Crippen MR) is 53.6 cm³/mol. The van der Waals surface area contributed by atoms with Crippen molar-refractivity contribution < 1.29 is 14.4 Å². The molecule has 76 valence electrons. The highest BCUT2D eigenvalue weighted by molar-refractivity contribution is 5.82. The second-order valence-corrected chi connectivity index (χ2v) is 2.87. The van der Waals surface area contributed by atoms with Gasteiger partial charge in [0, 0.05) is 11.6 Å². The standard InChI is InChI=1S/C10H8N2O3/c13-10(14)11-9-6-8(15-12-9)7-4-2-1-3-5-7/h1-6H,(H,11,12)(H,13,14). The molecule has 0 spiro atoms. The van der Waals surface area contributed by atoms with Crippen LogP contribution in [0.1, 0.15) is 0 Å². The molecule has 15 heavy (non-hydrogen) atoms. The molecule has 1 aromatic heterocycles. The van der Waals surface area contributed by atoms with Gasteiger partial charge in [-0.25, -0.2) is 4.79 Å². The Morgan fingerprint density at radius 3 is 2.73 bits per heavy atom. The van der Waals surface area contributed by atoms with Gasteiger partial charge in [0.2, 0.25) is 0 Å². The van der Waals surface area contributed by atoms with Gasteiger partial charge in [0.15, 0.2) is 11.6 Å². The second-order valence-electron chi connectivity index (χ2n) is 2.87. The normalized spacial score (nSPS) is 9.87. The molecule has 0 unspecified atom stereocenters. The number of nitrogens with one attached hydrogen (secondary N) is 1. The Hall–Kier alpha value is -2.30. The molecule has 2 N–H and O–H groups in total. The van der Waals surface area contributed by atoms with Crippen LogP contribution in [0.5, 0.6) is 0 Å². The van der Waals surface area contributed by atoms with Gasteiger partial charge in [-0.2, -0.15) is 0 Å². The summed E-state index contributed by atoms with van der Waals surface area (Å²) in [5.41, 5.74) is 0.850. The van der Waals surface area contributed by atoms with Gasteiger partial charge in [-0.15, -0.1) is 0 Å². The van der Waals surface area contributed by atoms with E-state index in [1.165, 1.54) is 6.07 Å². The fourth-order valence-electron chi connectivity index (χ4n) is 1.18. The van der Waals surface area contributed by atoms with Crippen molar-refractivity contribution in [2.45, 2.75) is 0 Å². The van der Waals surface area contributed by atoms with Crippen LogP contribution in [-0.2, 0) is 0 Å². The topological polar surface area (TPSA) is 75.4 Å². The van der Waals surface area contributed by atoms with Crippen molar-refractivity contribution in [3.8, 4) is 11.3 Å². The van der Waals surface area contributed by atoms with Crippen LogP contribution in [0.15, 0.2) is 40.9 Å². The highest BCUT2D eigenvalue weighted by Crippen LogP contribution is 2.21. The van der Waals surface area contributed by atoms with Crippen molar-refractivity contribution in [1.29, 1.82) is 0 Å². The highest BCUT2D eigenvalue weighted by atomic mass is 16.5. The smallest absolute Gasteiger partial charge is 0.410 e. The van der Waals surface area contributed by atoms with Crippen LogP contribution in [0.4, 0.5) is 10.6 Å². The highest BCUT2D eigenvalue weighted by Gasteiger charge is 2.07. The molecule has 0 aliphatic rings. The molecule has 0 aliphatic carbocycles. The summed E-state index contributed by atoms with van der Waals surface area (Å²) in [6.07, 6.45) is -1.16. The van der Waals surface area contributed by atoms with Gasteiger partial charge < -0.3 is 9.63 Å². The summed E-state index contributed by atoms with van der Waals surface area (Å²) in [5.74, 6) is 0.709. The Bertz CT molecular complexity index is 465. The number of nitrogens with zero attached hydrogens (tertiary/aromatic N) is 1. The monoisotopic (exact) mass is 204 g/mol. The van der Waals surface area contributed by atoms with E-state index in [4.69, 9.17) is 9.63 Å². The molecule has 0 bridgehead atoms. The maximum atomic E-state index is 10.3. The third-order valence-electron chi connectivity index (χ3n) is 1.80. The summed E-state index contributed by atoms with van der Waals surface area (Å²) in [5, 5.41) is 14.1. The van der Waals surface area contributed by atoms with E-state index in [-0.39, 0.29) is 5.82 Å². The first-order chi connectivity index (χ1) is 7.25. The molecule has 0 aliphatic heterocycles. The van der Waals surface area contributed by atoms with Crippen LogP contribution >= 0.6 is 0 Å².